The zero-order valence-corrected chi connectivity index (χ0v) is 16.0. The van der Waals surface area contributed by atoms with Crippen molar-refractivity contribution in [1.29, 1.82) is 5.26 Å². The fourth-order valence-corrected chi connectivity index (χ4v) is 3.47. The zero-order chi connectivity index (χ0) is 20.1. The number of carbonyl (C=O) groups is 3. The summed E-state index contributed by atoms with van der Waals surface area (Å²) in [6, 6.07) is 8.69. The molecule has 0 aromatic heterocycles. The Balaban J connectivity index is 1.50. The van der Waals surface area contributed by atoms with Crippen LogP contribution in [0.1, 0.15) is 25.3 Å². The third kappa shape index (κ3) is 4.42. The van der Waals surface area contributed by atoms with Gasteiger partial charge in [0.25, 0.3) is 5.91 Å². The molecule has 2 aliphatic heterocycles. The lowest BCUT2D eigenvalue weighted by Gasteiger charge is -2.36. The lowest BCUT2D eigenvalue weighted by Crippen LogP contribution is -2.55. The summed E-state index contributed by atoms with van der Waals surface area (Å²) in [5.41, 5.74) is 0.465. The third-order valence-corrected chi connectivity index (χ3v) is 5.08. The van der Waals surface area contributed by atoms with E-state index in [1.54, 1.807) is 41.0 Å². The molecule has 1 aromatic carbocycles. The second kappa shape index (κ2) is 8.74. The topological polar surface area (TPSA) is 94.0 Å². The van der Waals surface area contributed by atoms with Crippen molar-refractivity contribution in [3.05, 3.63) is 29.8 Å². The predicted octanol–water partition coefficient (Wildman–Crippen LogP) is 0.619. The highest BCUT2D eigenvalue weighted by atomic mass is 16.5. The van der Waals surface area contributed by atoms with Gasteiger partial charge in [-0.1, -0.05) is 6.07 Å². The molecule has 2 aliphatic rings. The van der Waals surface area contributed by atoms with Crippen LogP contribution < -0.4 is 4.74 Å². The molecule has 0 aliphatic carbocycles. The maximum Gasteiger partial charge on any atom is 0.312 e. The number of hydrogen-bond donors (Lipinski definition) is 0. The van der Waals surface area contributed by atoms with Gasteiger partial charge < -0.3 is 19.4 Å². The molecule has 0 bridgehead atoms. The molecule has 2 fully saturated rings. The molecular weight excluding hydrogens is 360 g/mol. The molecule has 8 heteroatoms. The molecule has 2 saturated heterocycles. The summed E-state index contributed by atoms with van der Waals surface area (Å²) < 4.78 is 5.67. The van der Waals surface area contributed by atoms with Crippen molar-refractivity contribution < 1.29 is 19.1 Å². The number of ether oxygens (including phenoxy) is 1. The van der Waals surface area contributed by atoms with E-state index in [0.29, 0.717) is 50.6 Å². The molecule has 3 amide bonds. The van der Waals surface area contributed by atoms with E-state index >= 15 is 0 Å². The molecule has 2 heterocycles. The standard InChI is InChI=1S/C20H24N4O4/c1-15(28-17-6-4-5-16(13-17)14-21)18(25)23-9-11-24(12-10-23)20(27)19(26)22-7-2-3-8-22/h4-6,13,15H,2-3,7-12H2,1H3. The molecule has 1 unspecified atom stereocenters. The largest absolute Gasteiger partial charge is 0.481 e. The first kappa shape index (κ1) is 19.7. The van der Waals surface area contributed by atoms with E-state index in [4.69, 9.17) is 10.00 Å². The summed E-state index contributed by atoms with van der Waals surface area (Å²) in [7, 11) is 0. The van der Waals surface area contributed by atoms with Gasteiger partial charge in [-0.2, -0.15) is 5.26 Å². The van der Waals surface area contributed by atoms with Crippen LogP contribution in [0.25, 0.3) is 0 Å². The van der Waals surface area contributed by atoms with Crippen molar-refractivity contribution >= 4 is 17.7 Å². The Morgan fingerprint density at radius 3 is 2.14 bits per heavy atom. The Bertz CT molecular complexity index is 790. The van der Waals surface area contributed by atoms with Crippen LogP contribution in [-0.4, -0.2) is 77.8 Å². The van der Waals surface area contributed by atoms with Crippen LogP contribution in [0.4, 0.5) is 0 Å². The Kier molecular flexibility index (Phi) is 6.14. The molecule has 3 rings (SSSR count). The number of nitriles is 1. The van der Waals surface area contributed by atoms with Crippen molar-refractivity contribution in [1.82, 2.24) is 14.7 Å². The van der Waals surface area contributed by atoms with Crippen molar-refractivity contribution in [2.24, 2.45) is 0 Å². The second-order valence-electron chi connectivity index (χ2n) is 7.02. The van der Waals surface area contributed by atoms with Gasteiger partial charge in [-0.3, -0.25) is 14.4 Å². The van der Waals surface area contributed by atoms with Crippen LogP contribution in [0, 0.1) is 11.3 Å². The van der Waals surface area contributed by atoms with Gasteiger partial charge >= 0.3 is 11.8 Å². The van der Waals surface area contributed by atoms with E-state index in [9.17, 15) is 14.4 Å². The summed E-state index contributed by atoms with van der Waals surface area (Å²) in [4.78, 5) is 42.0. The van der Waals surface area contributed by atoms with E-state index in [-0.39, 0.29) is 5.91 Å². The van der Waals surface area contributed by atoms with Crippen LogP contribution in [0.3, 0.4) is 0 Å². The lowest BCUT2D eigenvalue weighted by molar-refractivity contribution is -0.153. The minimum absolute atomic E-state index is 0.180. The highest BCUT2D eigenvalue weighted by Crippen LogP contribution is 2.16. The van der Waals surface area contributed by atoms with Crippen molar-refractivity contribution in [3.8, 4) is 11.8 Å². The van der Waals surface area contributed by atoms with Gasteiger partial charge in [0.1, 0.15) is 5.75 Å². The Labute approximate surface area is 164 Å². The smallest absolute Gasteiger partial charge is 0.312 e. The minimum atomic E-state index is -0.706. The Morgan fingerprint density at radius 1 is 0.964 bits per heavy atom. The summed E-state index contributed by atoms with van der Waals surface area (Å²) in [5.74, 6) is -0.636. The van der Waals surface area contributed by atoms with E-state index in [1.165, 1.54) is 4.90 Å². The molecule has 0 spiro atoms. The lowest BCUT2D eigenvalue weighted by atomic mass is 10.2. The molecule has 1 atom stereocenters. The normalized spacial score (nSPS) is 17.8. The first-order valence-corrected chi connectivity index (χ1v) is 9.53. The number of benzene rings is 1. The maximum atomic E-state index is 12.6. The van der Waals surface area contributed by atoms with Crippen molar-refractivity contribution in [3.63, 3.8) is 0 Å². The van der Waals surface area contributed by atoms with Gasteiger partial charge in [-0.25, -0.2) is 0 Å². The van der Waals surface area contributed by atoms with Gasteiger partial charge in [0.05, 0.1) is 11.6 Å². The van der Waals surface area contributed by atoms with Crippen LogP contribution >= 0.6 is 0 Å². The zero-order valence-electron chi connectivity index (χ0n) is 16.0. The van der Waals surface area contributed by atoms with Crippen LogP contribution in [0.15, 0.2) is 24.3 Å². The van der Waals surface area contributed by atoms with Crippen LogP contribution in [0.5, 0.6) is 5.75 Å². The molecule has 28 heavy (non-hydrogen) atoms. The van der Waals surface area contributed by atoms with Crippen LogP contribution in [-0.2, 0) is 14.4 Å². The fourth-order valence-electron chi connectivity index (χ4n) is 3.47. The highest BCUT2D eigenvalue weighted by Gasteiger charge is 2.32. The van der Waals surface area contributed by atoms with Gasteiger partial charge in [-0.05, 0) is 38.0 Å². The van der Waals surface area contributed by atoms with Crippen LogP contribution in [0.2, 0.25) is 0 Å². The molecule has 0 saturated carbocycles. The SMILES string of the molecule is CC(Oc1cccc(C#N)c1)C(=O)N1CCN(C(=O)C(=O)N2CCCC2)CC1. The summed E-state index contributed by atoms with van der Waals surface area (Å²) >= 11 is 0. The highest BCUT2D eigenvalue weighted by molar-refractivity contribution is 6.35. The van der Waals surface area contributed by atoms with Gasteiger partial charge in [0.15, 0.2) is 6.10 Å². The van der Waals surface area contributed by atoms with Crippen molar-refractivity contribution in [2.45, 2.75) is 25.9 Å². The summed E-state index contributed by atoms with van der Waals surface area (Å²) in [6.45, 7) is 4.35. The average Bonchev–Trinajstić information content (AvgIpc) is 3.27. The number of piperazine rings is 1. The molecule has 1 aromatic rings. The number of carbonyl (C=O) groups excluding carboxylic acids is 3. The number of amides is 3. The maximum absolute atomic E-state index is 12.6. The van der Waals surface area contributed by atoms with E-state index in [1.807, 2.05) is 6.07 Å². The molecule has 0 N–H and O–H groups in total. The molecule has 0 radical (unpaired) electrons. The van der Waals surface area contributed by atoms with Gasteiger partial charge in [0, 0.05) is 39.3 Å². The first-order chi connectivity index (χ1) is 13.5. The Morgan fingerprint density at radius 2 is 1.54 bits per heavy atom. The molecule has 8 nitrogen and oxygen atoms in total. The Hall–Kier alpha value is -3.08. The van der Waals surface area contributed by atoms with E-state index in [2.05, 4.69) is 0 Å². The van der Waals surface area contributed by atoms with Gasteiger partial charge in [-0.15, -0.1) is 0 Å². The van der Waals surface area contributed by atoms with Gasteiger partial charge in [0.2, 0.25) is 0 Å². The summed E-state index contributed by atoms with van der Waals surface area (Å²) in [5, 5.41) is 8.95. The van der Waals surface area contributed by atoms with E-state index in [0.717, 1.165) is 12.8 Å². The summed E-state index contributed by atoms with van der Waals surface area (Å²) in [6.07, 6.45) is 1.18. The second-order valence-corrected chi connectivity index (χ2v) is 7.02. The number of nitrogens with zero attached hydrogens (tertiary/aromatic N) is 4. The monoisotopic (exact) mass is 384 g/mol. The molecular formula is C20H24N4O4. The fraction of sp³-hybridized carbons (Fsp3) is 0.500. The quantitative estimate of drug-likeness (QED) is 0.712. The third-order valence-electron chi connectivity index (χ3n) is 5.08. The predicted molar refractivity (Wildman–Crippen MR) is 100 cm³/mol. The van der Waals surface area contributed by atoms with Crippen molar-refractivity contribution in [2.75, 3.05) is 39.3 Å². The first-order valence-electron chi connectivity index (χ1n) is 9.53. The number of likely N-dealkylation sites (tertiary alicyclic amines) is 1. The number of hydrogen-bond acceptors (Lipinski definition) is 5. The van der Waals surface area contributed by atoms with E-state index < -0.39 is 17.9 Å². The number of rotatable bonds is 3. The minimum Gasteiger partial charge on any atom is -0.481 e. The average molecular weight is 384 g/mol. The molecule has 148 valence electrons.